The highest BCUT2D eigenvalue weighted by Crippen LogP contribution is 2.49. The molecule has 31 heavy (non-hydrogen) atoms. The molecule has 1 unspecified atom stereocenters. The number of aldehydes is 1. The quantitative estimate of drug-likeness (QED) is 0.515. The zero-order valence-electron chi connectivity index (χ0n) is 17.4. The third-order valence-corrected chi connectivity index (χ3v) is 6.95. The summed E-state index contributed by atoms with van der Waals surface area (Å²) in [6, 6.07) is 16.6. The van der Waals surface area contributed by atoms with Crippen molar-refractivity contribution in [3.05, 3.63) is 66.6 Å². The van der Waals surface area contributed by atoms with E-state index in [1.807, 2.05) is 12.3 Å². The normalized spacial score (nSPS) is 19.5. The van der Waals surface area contributed by atoms with E-state index in [-0.39, 0.29) is 11.5 Å². The molecule has 4 aromatic rings. The Balaban J connectivity index is 1.32. The summed E-state index contributed by atoms with van der Waals surface area (Å²) in [6.45, 7) is 3.59. The van der Waals surface area contributed by atoms with Crippen LogP contribution in [0.2, 0.25) is 0 Å². The molecule has 156 valence electrons. The van der Waals surface area contributed by atoms with Gasteiger partial charge in [-0.25, -0.2) is 9.97 Å². The van der Waals surface area contributed by atoms with Crippen molar-refractivity contribution in [1.29, 1.82) is 0 Å². The summed E-state index contributed by atoms with van der Waals surface area (Å²) in [7, 11) is 0. The van der Waals surface area contributed by atoms with Crippen LogP contribution in [0.4, 0.5) is 5.82 Å². The van der Waals surface area contributed by atoms with E-state index < -0.39 is 0 Å². The second kappa shape index (κ2) is 7.17. The Hall–Kier alpha value is -3.25. The Kier molecular flexibility index (Phi) is 4.28. The van der Waals surface area contributed by atoms with Crippen LogP contribution < -0.4 is 4.90 Å². The molecule has 1 aliphatic heterocycles. The Bertz CT molecular complexity index is 1260. The Morgan fingerprint density at radius 3 is 2.71 bits per heavy atom. The number of aromatic nitrogens is 3. The van der Waals surface area contributed by atoms with Gasteiger partial charge in [0.25, 0.3) is 0 Å². The highest BCUT2D eigenvalue weighted by molar-refractivity contribution is 5.87. The number of nitrogens with zero attached hydrogens (tertiary/aromatic N) is 4. The number of fused-ring (bicyclic) bond motifs is 2. The van der Waals surface area contributed by atoms with Crippen molar-refractivity contribution in [1.82, 2.24) is 19.9 Å². The molecule has 0 amide bonds. The smallest absolute Gasteiger partial charge is 0.142 e. The summed E-state index contributed by atoms with van der Waals surface area (Å²) in [6.07, 6.45) is 7.07. The monoisotopic (exact) mass is 411 g/mol. The van der Waals surface area contributed by atoms with Gasteiger partial charge in [0.15, 0.2) is 0 Å². The number of carbonyl (C=O) groups is 1. The van der Waals surface area contributed by atoms with E-state index in [4.69, 9.17) is 0 Å². The molecule has 2 fully saturated rings. The summed E-state index contributed by atoms with van der Waals surface area (Å²) >= 11 is 0. The minimum absolute atomic E-state index is 0.222. The largest absolute Gasteiger partial charge is 0.354 e. The number of rotatable bonds is 4. The highest BCUT2D eigenvalue weighted by Gasteiger charge is 2.48. The van der Waals surface area contributed by atoms with Crippen LogP contribution in [0.1, 0.15) is 24.4 Å². The number of carbonyl (C=O) groups excluding carboxylic acids is 1. The Labute approximate surface area is 180 Å². The van der Waals surface area contributed by atoms with Crippen LogP contribution in [0.15, 0.2) is 61.1 Å². The van der Waals surface area contributed by atoms with Gasteiger partial charge in [-0.05, 0) is 41.3 Å². The fourth-order valence-electron chi connectivity index (χ4n) is 5.08. The standard InChI is InChI=1S/C25H25N5O/c31-14-22(20-6-5-18-3-1-2-4-19(18)13-20)29-11-12-30(16-25(15-29)8-9-25)24-21-7-10-26-23(21)27-17-28-24/h1-7,10,13-14,17,22H,8-9,11-12,15-16H2,(H,26,27,28). The van der Waals surface area contributed by atoms with Crippen LogP contribution in [0.25, 0.3) is 21.8 Å². The number of hydrogen-bond acceptors (Lipinski definition) is 5. The van der Waals surface area contributed by atoms with Crippen LogP contribution >= 0.6 is 0 Å². The van der Waals surface area contributed by atoms with Gasteiger partial charge in [-0.3, -0.25) is 4.90 Å². The van der Waals surface area contributed by atoms with Gasteiger partial charge in [-0.2, -0.15) is 0 Å². The molecule has 6 rings (SSSR count). The molecule has 1 atom stereocenters. The lowest BCUT2D eigenvalue weighted by Gasteiger charge is -2.29. The van der Waals surface area contributed by atoms with Crippen molar-refractivity contribution in [2.24, 2.45) is 5.41 Å². The average Bonchev–Trinajstić information content (AvgIpc) is 3.44. The highest BCUT2D eigenvalue weighted by atomic mass is 16.1. The SMILES string of the molecule is O=CC(c1ccc2ccccc2c1)N1CCN(c2ncnc3[nH]ccc23)CC2(CC2)C1. The number of anilines is 1. The van der Waals surface area contributed by atoms with E-state index in [1.54, 1.807) is 6.33 Å². The summed E-state index contributed by atoms with van der Waals surface area (Å²) in [5, 5.41) is 3.45. The van der Waals surface area contributed by atoms with Crippen molar-refractivity contribution in [2.75, 3.05) is 31.1 Å². The Morgan fingerprint density at radius 1 is 1.00 bits per heavy atom. The molecular formula is C25H25N5O. The molecule has 1 aliphatic carbocycles. The van der Waals surface area contributed by atoms with Crippen molar-refractivity contribution >= 4 is 33.9 Å². The maximum atomic E-state index is 12.3. The zero-order valence-corrected chi connectivity index (χ0v) is 17.4. The molecule has 1 saturated heterocycles. The molecule has 6 heteroatoms. The second-order valence-electron chi connectivity index (χ2n) is 9.02. The lowest BCUT2D eigenvalue weighted by molar-refractivity contribution is -0.112. The molecule has 2 aromatic heterocycles. The number of aromatic amines is 1. The van der Waals surface area contributed by atoms with E-state index in [2.05, 4.69) is 67.2 Å². The molecule has 6 nitrogen and oxygen atoms in total. The van der Waals surface area contributed by atoms with E-state index in [0.717, 1.165) is 54.9 Å². The summed E-state index contributed by atoms with van der Waals surface area (Å²) in [5.41, 5.74) is 2.19. The second-order valence-corrected chi connectivity index (χ2v) is 9.02. The number of H-pyrrole nitrogens is 1. The van der Waals surface area contributed by atoms with E-state index in [9.17, 15) is 4.79 Å². The first-order valence-electron chi connectivity index (χ1n) is 11.0. The van der Waals surface area contributed by atoms with E-state index in [1.165, 1.54) is 23.6 Å². The van der Waals surface area contributed by atoms with Crippen molar-refractivity contribution in [2.45, 2.75) is 18.9 Å². The molecule has 0 radical (unpaired) electrons. The first kappa shape index (κ1) is 18.5. The molecule has 0 bridgehead atoms. The van der Waals surface area contributed by atoms with Crippen LogP contribution in [0.5, 0.6) is 0 Å². The first-order chi connectivity index (χ1) is 15.2. The fourth-order valence-corrected chi connectivity index (χ4v) is 5.08. The van der Waals surface area contributed by atoms with Gasteiger partial charge in [0.05, 0.1) is 11.4 Å². The maximum absolute atomic E-state index is 12.3. The van der Waals surface area contributed by atoms with Gasteiger partial charge in [0.2, 0.25) is 0 Å². The average molecular weight is 412 g/mol. The van der Waals surface area contributed by atoms with Crippen molar-refractivity contribution < 1.29 is 4.79 Å². The fraction of sp³-hybridized carbons (Fsp3) is 0.320. The van der Waals surface area contributed by atoms with Gasteiger partial charge < -0.3 is 14.7 Å². The maximum Gasteiger partial charge on any atom is 0.142 e. The zero-order chi connectivity index (χ0) is 20.8. The topological polar surface area (TPSA) is 65.1 Å². The predicted octanol–water partition coefficient (Wildman–Crippen LogP) is 3.95. The van der Waals surface area contributed by atoms with Gasteiger partial charge >= 0.3 is 0 Å². The molecule has 1 spiro atoms. The molecule has 2 aliphatic rings. The van der Waals surface area contributed by atoms with Gasteiger partial charge in [-0.1, -0.05) is 36.4 Å². The van der Waals surface area contributed by atoms with Gasteiger partial charge in [0, 0.05) is 37.8 Å². The summed E-state index contributed by atoms with van der Waals surface area (Å²) < 4.78 is 0. The van der Waals surface area contributed by atoms with Crippen LogP contribution in [-0.4, -0.2) is 52.3 Å². The molecule has 1 saturated carbocycles. The van der Waals surface area contributed by atoms with Crippen LogP contribution in [0, 0.1) is 5.41 Å². The number of nitrogens with one attached hydrogen (secondary N) is 1. The number of hydrogen-bond donors (Lipinski definition) is 1. The Morgan fingerprint density at radius 2 is 1.87 bits per heavy atom. The van der Waals surface area contributed by atoms with Gasteiger partial charge in [0.1, 0.15) is 24.1 Å². The molecule has 3 heterocycles. The lowest BCUT2D eigenvalue weighted by Crippen LogP contribution is -2.35. The van der Waals surface area contributed by atoms with Crippen molar-refractivity contribution in [3.63, 3.8) is 0 Å². The van der Waals surface area contributed by atoms with Gasteiger partial charge in [-0.15, -0.1) is 0 Å². The lowest BCUT2D eigenvalue weighted by atomic mass is 9.99. The molecular weight excluding hydrogens is 386 g/mol. The first-order valence-corrected chi connectivity index (χ1v) is 11.0. The van der Waals surface area contributed by atoms with E-state index in [0.29, 0.717) is 0 Å². The van der Waals surface area contributed by atoms with Crippen molar-refractivity contribution in [3.8, 4) is 0 Å². The molecule has 1 N–H and O–H groups in total. The minimum atomic E-state index is -0.222. The summed E-state index contributed by atoms with van der Waals surface area (Å²) in [4.78, 5) is 29.2. The third kappa shape index (κ3) is 3.27. The number of benzene rings is 2. The van der Waals surface area contributed by atoms with E-state index >= 15 is 0 Å². The predicted molar refractivity (Wildman–Crippen MR) is 122 cm³/mol. The minimum Gasteiger partial charge on any atom is -0.354 e. The summed E-state index contributed by atoms with van der Waals surface area (Å²) in [5.74, 6) is 0.993. The molecule has 2 aromatic carbocycles. The van der Waals surface area contributed by atoms with Crippen LogP contribution in [-0.2, 0) is 4.79 Å². The van der Waals surface area contributed by atoms with Crippen LogP contribution in [0.3, 0.4) is 0 Å². The third-order valence-electron chi connectivity index (χ3n) is 6.95.